The van der Waals surface area contributed by atoms with Crippen LogP contribution in [-0.2, 0) is 20.9 Å². The number of amides is 1. The second-order valence-corrected chi connectivity index (χ2v) is 6.22. The highest BCUT2D eigenvalue weighted by atomic mass is 19.1. The Hall–Kier alpha value is -3.15. The van der Waals surface area contributed by atoms with E-state index in [0.717, 1.165) is 11.1 Å². The lowest BCUT2D eigenvalue weighted by Gasteiger charge is -2.32. The number of carbonyl (C=O) groups excluding carboxylic acids is 2. The van der Waals surface area contributed by atoms with Crippen LogP contribution in [0, 0.1) is 5.82 Å². The molecule has 27 heavy (non-hydrogen) atoms. The predicted molar refractivity (Wildman–Crippen MR) is 98.1 cm³/mol. The van der Waals surface area contributed by atoms with E-state index in [0.29, 0.717) is 5.56 Å². The Morgan fingerprint density at radius 2 is 1.96 bits per heavy atom. The van der Waals surface area contributed by atoms with E-state index < -0.39 is 17.8 Å². The van der Waals surface area contributed by atoms with Crippen LogP contribution >= 0.6 is 0 Å². The van der Waals surface area contributed by atoms with Gasteiger partial charge in [-0.15, -0.1) is 0 Å². The summed E-state index contributed by atoms with van der Waals surface area (Å²) in [5.74, 6) is -1.00. The van der Waals surface area contributed by atoms with E-state index >= 15 is 0 Å². The van der Waals surface area contributed by atoms with Gasteiger partial charge in [0.2, 0.25) is 5.91 Å². The molecule has 1 aliphatic rings. The van der Waals surface area contributed by atoms with Crippen molar-refractivity contribution < 1.29 is 23.5 Å². The van der Waals surface area contributed by atoms with E-state index in [4.69, 9.17) is 9.47 Å². The van der Waals surface area contributed by atoms with Gasteiger partial charge >= 0.3 is 5.97 Å². The number of ether oxygens (including phenoxy) is 2. The largest absolute Gasteiger partial charge is 0.494 e. The summed E-state index contributed by atoms with van der Waals surface area (Å²) >= 11 is 0. The number of esters is 1. The minimum absolute atomic E-state index is 0.0135. The Morgan fingerprint density at radius 1 is 1.19 bits per heavy atom. The van der Waals surface area contributed by atoms with Crippen LogP contribution in [0.3, 0.4) is 0 Å². The molecule has 3 rings (SSSR count). The third kappa shape index (κ3) is 4.16. The topological polar surface area (TPSA) is 55.8 Å². The molecule has 0 aliphatic carbocycles. The molecule has 0 saturated carbocycles. The van der Waals surface area contributed by atoms with Crippen LogP contribution in [0.15, 0.2) is 48.7 Å². The third-order valence-electron chi connectivity index (χ3n) is 4.45. The van der Waals surface area contributed by atoms with Gasteiger partial charge < -0.3 is 14.4 Å². The summed E-state index contributed by atoms with van der Waals surface area (Å²) in [4.78, 5) is 25.8. The third-order valence-corrected chi connectivity index (χ3v) is 4.45. The quantitative estimate of drug-likeness (QED) is 0.752. The van der Waals surface area contributed by atoms with Crippen molar-refractivity contribution in [2.45, 2.75) is 26.0 Å². The molecular formula is C21H20FNO4. The monoisotopic (exact) mass is 369 g/mol. The van der Waals surface area contributed by atoms with Gasteiger partial charge in [0, 0.05) is 13.1 Å². The van der Waals surface area contributed by atoms with E-state index in [1.165, 1.54) is 31.1 Å². The van der Waals surface area contributed by atoms with Crippen LogP contribution in [0.2, 0.25) is 0 Å². The van der Waals surface area contributed by atoms with Crippen LogP contribution in [-0.4, -0.2) is 23.9 Å². The Labute approximate surface area is 157 Å². The van der Waals surface area contributed by atoms with Gasteiger partial charge in [-0.1, -0.05) is 30.3 Å². The van der Waals surface area contributed by atoms with Crippen molar-refractivity contribution in [3.63, 3.8) is 0 Å². The number of carbonyl (C=O) groups is 2. The number of halogens is 1. The van der Waals surface area contributed by atoms with Crippen molar-refractivity contribution in [3.05, 3.63) is 71.2 Å². The zero-order chi connectivity index (χ0) is 19.4. The minimum Gasteiger partial charge on any atom is -0.494 e. The molecule has 0 bridgehead atoms. The van der Waals surface area contributed by atoms with Crippen molar-refractivity contribution >= 4 is 18.0 Å². The molecule has 0 aromatic heterocycles. The van der Waals surface area contributed by atoms with E-state index in [-0.39, 0.29) is 24.7 Å². The molecule has 0 unspecified atom stereocenters. The summed E-state index contributed by atoms with van der Waals surface area (Å²) in [5, 5.41) is 0. The van der Waals surface area contributed by atoms with E-state index in [1.54, 1.807) is 12.3 Å². The van der Waals surface area contributed by atoms with Gasteiger partial charge in [-0.3, -0.25) is 9.59 Å². The highest BCUT2D eigenvalue weighted by Gasteiger charge is 2.28. The Kier molecular flexibility index (Phi) is 5.54. The number of fused-ring (bicyclic) bond motifs is 1. The van der Waals surface area contributed by atoms with Gasteiger partial charge in [0.05, 0.1) is 19.6 Å². The van der Waals surface area contributed by atoms with Gasteiger partial charge in [-0.05, 0) is 34.9 Å². The van der Waals surface area contributed by atoms with Crippen LogP contribution in [0.1, 0.15) is 36.1 Å². The molecule has 5 nitrogen and oxygen atoms in total. The number of nitrogens with zero attached hydrogens (tertiary/aromatic N) is 1. The van der Waals surface area contributed by atoms with E-state index in [1.807, 2.05) is 30.3 Å². The van der Waals surface area contributed by atoms with Crippen LogP contribution in [0.4, 0.5) is 4.39 Å². The van der Waals surface area contributed by atoms with E-state index in [9.17, 15) is 14.0 Å². The van der Waals surface area contributed by atoms with Crippen molar-refractivity contribution in [2.24, 2.45) is 0 Å². The molecule has 140 valence electrons. The number of hydrogen-bond acceptors (Lipinski definition) is 4. The summed E-state index contributed by atoms with van der Waals surface area (Å²) in [6.07, 6.45) is 3.54. The van der Waals surface area contributed by atoms with Crippen molar-refractivity contribution in [2.75, 3.05) is 7.11 Å². The lowest BCUT2D eigenvalue weighted by molar-refractivity contribution is -0.146. The molecule has 0 saturated heterocycles. The fraction of sp³-hybridized carbons (Fsp3) is 0.238. The smallest absolute Gasteiger partial charge is 0.308 e. The molecule has 1 amide bonds. The molecule has 1 atom stereocenters. The second kappa shape index (κ2) is 8.03. The lowest BCUT2D eigenvalue weighted by Crippen LogP contribution is -2.32. The first-order valence-corrected chi connectivity index (χ1v) is 8.53. The van der Waals surface area contributed by atoms with Crippen molar-refractivity contribution in [1.82, 2.24) is 4.90 Å². The molecule has 1 aliphatic heterocycles. The average Bonchev–Trinajstić information content (AvgIpc) is 2.66. The first-order chi connectivity index (χ1) is 13.0. The molecular weight excluding hydrogens is 349 g/mol. The van der Waals surface area contributed by atoms with Gasteiger partial charge in [0.15, 0.2) is 11.6 Å². The average molecular weight is 369 g/mol. The maximum absolute atomic E-state index is 13.7. The van der Waals surface area contributed by atoms with E-state index in [2.05, 4.69) is 0 Å². The first kappa shape index (κ1) is 18.6. The summed E-state index contributed by atoms with van der Waals surface area (Å²) in [6.45, 7) is 1.40. The minimum atomic E-state index is -0.514. The van der Waals surface area contributed by atoms with Gasteiger partial charge in [0.25, 0.3) is 0 Å². The Bertz CT molecular complexity index is 894. The molecule has 0 radical (unpaired) electrons. The zero-order valence-electron chi connectivity index (χ0n) is 15.1. The summed E-state index contributed by atoms with van der Waals surface area (Å²) in [7, 11) is 1.38. The number of rotatable bonds is 5. The normalized spacial score (nSPS) is 15.2. The predicted octanol–water partition coefficient (Wildman–Crippen LogP) is 3.84. The van der Waals surface area contributed by atoms with Gasteiger partial charge in [-0.25, -0.2) is 4.39 Å². The van der Waals surface area contributed by atoms with Crippen LogP contribution in [0.25, 0.3) is 6.08 Å². The second-order valence-electron chi connectivity index (χ2n) is 6.22. The molecule has 1 heterocycles. The Balaban J connectivity index is 1.69. The summed E-state index contributed by atoms with van der Waals surface area (Å²) in [5.41, 5.74) is 2.38. The summed E-state index contributed by atoms with van der Waals surface area (Å²) < 4.78 is 23.9. The van der Waals surface area contributed by atoms with Crippen LogP contribution in [0.5, 0.6) is 5.75 Å². The molecule has 0 spiro atoms. The fourth-order valence-corrected chi connectivity index (χ4v) is 3.09. The molecule has 0 fully saturated rings. The van der Waals surface area contributed by atoms with Crippen molar-refractivity contribution in [3.8, 4) is 5.75 Å². The number of benzene rings is 2. The maximum atomic E-state index is 13.7. The van der Waals surface area contributed by atoms with Gasteiger partial charge in [0.1, 0.15) is 6.61 Å². The summed E-state index contributed by atoms with van der Waals surface area (Å²) in [6, 6.07) is 11.6. The first-order valence-electron chi connectivity index (χ1n) is 8.53. The standard InChI is InChI=1S/C21H20FNO4/c1-14(24)23-10-9-16-5-3-4-6-17(16)19(23)12-21(25)27-13-15-7-8-20(26-2)18(22)11-15/h3-11,19H,12-13H2,1-2H3/t19-/m0/s1. The molecule has 2 aromatic carbocycles. The highest BCUT2D eigenvalue weighted by Crippen LogP contribution is 2.33. The lowest BCUT2D eigenvalue weighted by atomic mass is 9.94. The van der Waals surface area contributed by atoms with Crippen LogP contribution < -0.4 is 4.74 Å². The fourth-order valence-electron chi connectivity index (χ4n) is 3.09. The molecule has 0 N–H and O–H groups in total. The SMILES string of the molecule is COc1ccc(COC(=O)C[C@H]2c3ccccc3C=CN2C(C)=O)cc1F. The maximum Gasteiger partial charge on any atom is 0.308 e. The van der Waals surface area contributed by atoms with Crippen molar-refractivity contribution in [1.29, 1.82) is 0 Å². The highest BCUT2D eigenvalue weighted by molar-refractivity contribution is 5.80. The zero-order valence-corrected chi connectivity index (χ0v) is 15.1. The molecule has 6 heteroatoms. The van der Waals surface area contributed by atoms with Gasteiger partial charge in [-0.2, -0.15) is 0 Å². The number of hydrogen-bond donors (Lipinski definition) is 0. The number of methoxy groups -OCH3 is 1. The molecule has 2 aromatic rings. The Morgan fingerprint density at radius 3 is 2.67 bits per heavy atom.